The first-order valence-corrected chi connectivity index (χ1v) is 21.9. The molecule has 71 heavy (non-hydrogen) atoms. The van der Waals surface area contributed by atoms with E-state index >= 15 is 0 Å². The van der Waals surface area contributed by atoms with Crippen molar-refractivity contribution >= 4 is 53.7 Å². The average Bonchev–Trinajstić information content (AvgIpc) is 3.30. The highest BCUT2D eigenvalue weighted by atomic mass is 16.8. The van der Waals surface area contributed by atoms with Crippen LogP contribution in [0.1, 0.15) is 69.2 Å². The number of aliphatic hydroxyl groups excluding tert-OH is 2. The van der Waals surface area contributed by atoms with Crippen LogP contribution >= 0.6 is 0 Å². The van der Waals surface area contributed by atoms with Crippen molar-refractivity contribution < 1.29 is 120 Å². The molecule has 0 aliphatic carbocycles. The van der Waals surface area contributed by atoms with Crippen LogP contribution in [-0.2, 0) is 99.9 Å². The topological polar surface area (TPSA) is 323 Å². The summed E-state index contributed by atoms with van der Waals surface area (Å²) in [5.74, 6) is -8.81. The Morgan fingerprint density at radius 2 is 0.775 bits per heavy atom. The predicted octanol–water partition coefficient (Wildman–Crippen LogP) is 0.152. The Labute approximate surface area is 405 Å². The van der Waals surface area contributed by atoms with Crippen molar-refractivity contribution in [2.45, 2.75) is 141 Å². The van der Waals surface area contributed by atoms with E-state index in [0.29, 0.717) is 0 Å². The number of benzene rings is 2. The maximum absolute atomic E-state index is 13.6. The molecule has 0 unspecified atom stereocenters. The van der Waals surface area contributed by atoms with Crippen LogP contribution in [0, 0.1) is 0 Å². The van der Waals surface area contributed by atoms with Gasteiger partial charge < -0.3 is 76.5 Å². The standard InChI is InChI=1S/C46H54O25/c1-21(48)58-19-31-34(60-22(2)49)37(62-24(4)51)40(64-26(6)53)45(67-31)71-46-41(65-27(7)54)38(63-25(5)52)35(61-23(3)50)32(68-46)20-59-44-39(70-43(57)29-16-12-9-13-17-29)36(33(55)30(18-47)66-44)69-42(56)28-14-10-8-11-15-28/h8-17,30-41,44-47,55H,18-20H2,1-7H3/t30-,31-,32-,33-,34-,35-,36+,37+,38+,39-,40-,41-,44-,45-,46-/m1/s1. The molecule has 388 valence electrons. The molecule has 2 aromatic rings. The second-order valence-electron chi connectivity index (χ2n) is 16.0. The molecule has 25 heteroatoms. The summed E-state index contributed by atoms with van der Waals surface area (Å²) in [6.45, 7) is 4.45. The maximum Gasteiger partial charge on any atom is 0.338 e. The zero-order valence-corrected chi connectivity index (χ0v) is 39.3. The van der Waals surface area contributed by atoms with Gasteiger partial charge in [-0.2, -0.15) is 0 Å². The van der Waals surface area contributed by atoms with E-state index in [1.165, 1.54) is 36.4 Å². The van der Waals surface area contributed by atoms with E-state index in [9.17, 15) is 53.4 Å². The van der Waals surface area contributed by atoms with Gasteiger partial charge in [0.15, 0.2) is 55.1 Å². The molecule has 2 aromatic carbocycles. The monoisotopic (exact) mass is 1010 g/mol. The number of aliphatic hydroxyl groups is 2. The first kappa shape index (κ1) is 55.3. The number of hydrogen-bond donors (Lipinski definition) is 2. The van der Waals surface area contributed by atoms with Crippen molar-refractivity contribution in [1.29, 1.82) is 0 Å². The fourth-order valence-electron chi connectivity index (χ4n) is 7.69. The average molecular weight is 1010 g/mol. The minimum atomic E-state index is -2.06. The molecular weight excluding hydrogens is 952 g/mol. The Bertz CT molecular complexity index is 2200. The van der Waals surface area contributed by atoms with Crippen LogP contribution in [0.2, 0.25) is 0 Å². The van der Waals surface area contributed by atoms with Gasteiger partial charge in [0.25, 0.3) is 0 Å². The molecule has 0 bridgehead atoms. The molecular formula is C46H54O25. The highest BCUT2D eigenvalue weighted by Gasteiger charge is 2.58. The molecule has 3 aliphatic heterocycles. The maximum atomic E-state index is 13.6. The lowest BCUT2D eigenvalue weighted by Crippen LogP contribution is -2.67. The van der Waals surface area contributed by atoms with Gasteiger partial charge in [-0.1, -0.05) is 36.4 Å². The second-order valence-corrected chi connectivity index (χ2v) is 16.0. The number of rotatable bonds is 18. The van der Waals surface area contributed by atoms with Crippen molar-refractivity contribution in [3.8, 4) is 0 Å². The lowest BCUT2D eigenvalue weighted by Gasteiger charge is -2.48. The van der Waals surface area contributed by atoms with E-state index in [-0.39, 0.29) is 11.1 Å². The summed E-state index contributed by atoms with van der Waals surface area (Å²) < 4.78 is 80.5. The van der Waals surface area contributed by atoms with Crippen molar-refractivity contribution in [3.63, 3.8) is 0 Å². The summed E-state index contributed by atoms with van der Waals surface area (Å²) in [4.78, 5) is 115. The van der Waals surface area contributed by atoms with E-state index in [2.05, 4.69) is 0 Å². The summed E-state index contributed by atoms with van der Waals surface area (Å²) in [5.41, 5.74) is 0.0327. The predicted molar refractivity (Wildman–Crippen MR) is 227 cm³/mol. The smallest absolute Gasteiger partial charge is 0.338 e. The minimum absolute atomic E-state index is 0.00613. The molecule has 0 amide bonds. The molecule has 15 atom stereocenters. The lowest BCUT2D eigenvalue weighted by molar-refractivity contribution is -0.381. The van der Waals surface area contributed by atoms with Crippen LogP contribution in [0.3, 0.4) is 0 Å². The highest BCUT2D eigenvalue weighted by Crippen LogP contribution is 2.36. The Kier molecular flexibility index (Phi) is 19.9. The Balaban J connectivity index is 1.58. The first-order chi connectivity index (χ1) is 33.7. The van der Waals surface area contributed by atoms with Gasteiger partial charge in [-0.3, -0.25) is 33.6 Å². The molecule has 3 saturated heterocycles. The molecule has 5 rings (SSSR count). The van der Waals surface area contributed by atoms with Crippen molar-refractivity contribution in [1.82, 2.24) is 0 Å². The van der Waals surface area contributed by atoms with Gasteiger partial charge >= 0.3 is 53.7 Å². The number of hydrogen-bond acceptors (Lipinski definition) is 25. The number of ether oxygens (including phenoxy) is 14. The van der Waals surface area contributed by atoms with Gasteiger partial charge in [-0.15, -0.1) is 0 Å². The molecule has 3 heterocycles. The molecule has 0 spiro atoms. The van der Waals surface area contributed by atoms with Crippen LogP contribution in [0.4, 0.5) is 0 Å². The number of carbonyl (C=O) groups excluding carboxylic acids is 9. The second kappa shape index (κ2) is 25.5. The molecule has 2 N–H and O–H groups in total. The molecule has 3 aliphatic rings. The summed E-state index contributed by atoms with van der Waals surface area (Å²) >= 11 is 0. The molecule has 25 nitrogen and oxygen atoms in total. The van der Waals surface area contributed by atoms with E-state index in [4.69, 9.17) is 66.3 Å². The van der Waals surface area contributed by atoms with Crippen LogP contribution < -0.4 is 0 Å². The Hall–Kier alpha value is -6.61. The first-order valence-electron chi connectivity index (χ1n) is 21.9. The van der Waals surface area contributed by atoms with Crippen molar-refractivity contribution in [3.05, 3.63) is 71.8 Å². The quantitative estimate of drug-likeness (QED) is 0.148. The van der Waals surface area contributed by atoms with Crippen molar-refractivity contribution in [2.75, 3.05) is 19.8 Å². The minimum Gasteiger partial charge on any atom is -0.463 e. The lowest BCUT2D eigenvalue weighted by atomic mass is 9.96. The summed E-state index contributed by atoms with van der Waals surface area (Å²) in [7, 11) is 0. The summed E-state index contributed by atoms with van der Waals surface area (Å²) in [6, 6.07) is 15.0. The summed E-state index contributed by atoms with van der Waals surface area (Å²) in [6.07, 6.45) is -27.1. The van der Waals surface area contributed by atoms with Gasteiger partial charge in [0.2, 0.25) is 12.6 Å². The van der Waals surface area contributed by atoms with Gasteiger partial charge in [-0.05, 0) is 24.3 Å². The zero-order chi connectivity index (χ0) is 52.1. The largest absolute Gasteiger partial charge is 0.463 e. The van der Waals surface area contributed by atoms with Crippen LogP contribution in [-0.4, -0.2) is 176 Å². The normalized spacial score (nSPS) is 30.2. The van der Waals surface area contributed by atoms with Crippen molar-refractivity contribution in [2.24, 2.45) is 0 Å². The Morgan fingerprint density at radius 1 is 0.423 bits per heavy atom. The third kappa shape index (κ3) is 15.2. The van der Waals surface area contributed by atoms with Gasteiger partial charge in [0, 0.05) is 48.5 Å². The van der Waals surface area contributed by atoms with E-state index in [1.807, 2.05) is 0 Å². The zero-order valence-electron chi connectivity index (χ0n) is 39.3. The highest BCUT2D eigenvalue weighted by molar-refractivity contribution is 5.90. The number of carbonyl (C=O) groups is 9. The SMILES string of the molecule is CC(=O)OC[C@H]1O[C@H](O[C@H]2O[C@H](CO[C@@H]3O[C@H](CO)[C@@H](O)[C@H](OC(=O)c4ccccc4)[C@H]3OC(=O)c3ccccc3)[C@@H](OC(C)=O)[C@H](OC(C)=O)[C@H]2OC(C)=O)[C@H](OC(C)=O)[C@@H](OC(C)=O)[C@@H]1OC(C)=O. The third-order valence-corrected chi connectivity index (χ3v) is 10.4. The van der Waals surface area contributed by atoms with E-state index < -0.39 is 166 Å². The summed E-state index contributed by atoms with van der Waals surface area (Å²) in [5, 5.41) is 21.8. The van der Waals surface area contributed by atoms with E-state index in [1.54, 1.807) is 24.3 Å². The molecule has 0 aromatic heterocycles. The Morgan fingerprint density at radius 3 is 1.17 bits per heavy atom. The molecule has 0 radical (unpaired) electrons. The van der Waals surface area contributed by atoms with Crippen LogP contribution in [0.15, 0.2) is 60.7 Å². The third-order valence-electron chi connectivity index (χ3n) is 10.4. The molecule has 3 fully saturated rings. The van der Waals surface area contributed by atoms with E-state index in [0.717, 1.165) is 48.5 Å². The number of esters is 9. The van der Waals surface area contributed by atoms with Crippen LogP contribution in [0.5, 0.6) is 0 Å². The fraction of sp³-hybridized carbons (Fsp3) is 0.543. The van der Waals surface area contributed by atoms with Gasteiger partial charge in [0.1, 0.15) is 31.0 Å². The molecule has 0 saturated carbocycles. The van der Waals surface area contributed by atoms with Crippen LogP contribution in [0.25, 0.3) is 0 Å². The van der Waals surface area contributed by atoms with Gasteiger partial charge in [-0.25, -0.2) is 9.59 Å². The van der Waals surface area contributed by atoms with Gasteiger partial charge in [0.05, 0.1) is 24.3 Å². The fourth-order valence-corrected chi connectivity index (χ4v) is 7.69.